The summed E-state index contributed by atoms with van der Waals surface area (Å²) < 4.78 is 10.9. The van der Waals surface area contributed by atoms with Gasteiger partial charge in [-0.25, -0.2) is 4.79 Å². The van der Waals surface area contributed by atoms with E-state index in [0.717, 1.165) is 56.9 Å². The third-order valence-corrected chi connectivity index (χ3v) is 6.85. The molecule has 0 bridgehead atoms. The highest BCUT2D eigenvalue weighted by atomic mass is 16.7. The van der Waals surface area contributed by atoms with Gasteiger partial charge in [0.25, 0.3) is 0 Å². The Labute approximate surface area is 186 Å². The molecule has 0 saturated heterocycles. The Balaban J connectivity index is 1.49. The Bertz CT molecular complexity index is 733. The van der Waals surface area contributed by atoms with Crippen LogP contribution in [-0.2, 0) is 20.7 Å². The number of aliphatic hydroxyl groups excluding tert-OH is 1. The van der Waals surface area contributed by atoms with E-state index >= 15 is 0 Å². The van der Waals surface area contributed by atoms with Gasteiger partial charge in [0, 0.05) is 12.3 Å². The molecule has 3 rings (SSSR count). The van der Waals surface area contributed by atoms with Crippen molar-refractivity contribution in [3.8, 4) is 0 Å². The number of hydrogen-bond acceptors (Lipinski definition) is 5. The van der Waals surface area contributed by atoms with Gasteiger partial charge >= 0.3 is 6.16 Å². The van der Waals surface area contributed by atoms with Gasteiger partial charge in [0.2, 0.25) is 0 Å². The highest BCUT2D eigenvalue weighted by Crippen LogP contribution is 2.30. The zero-order valence-corrected chi connectivity index (χ0v) is 19.3. The first-order chi connectivity index (χ1) is 14.7. The molecule has 1 N–H and O–H groups in total. The summed E-state index contributed by atoms with van der Waals surface area (Å²) in [6, 6.07) is 8.13. The van der Waals surface area contributed by atoms with Gasteiger partial charge in [0.15, 0.2) is 0 Å². The summed E-state index contributed by atoms with van der Waals surface area (Å²) in [4.78, 5) is 25.0. The standard InChI is InChI=1S/C26H38O5/c1-18(20-14-12-19(13-15-20)16-21-8-7-11-23(21)27)24(28)17-26(2,3)31-25(29)30-22-9-5-4-6-10-22/h12-15,18,21-23,27H,4-11,16-17H2,1-3H3/t18-,21+,23-/m0/s1. The third-order valence-electron chi connectivity index (χ3n) is 6.85. The topological polar surface area (TPSA) is 72.8 Å². The van der Waals surface area contributed by atoms with Gasteiger partial charge in [0.1, 0.15) is 17.5 Å². The van der Waals surface area contributed by atoms with Crippen LogP contribution in [0.25, 0.3) is 0 Å². The number of ether oxygens (including phenoxy) is 2. The van der Waals surface area contributed by atoms with Gasteiger partial charge in [-0.1, -0.05) is 44.0 Å². The van der Waals surface area contributed by atoms with E-state index in [9.17, 15) is 14.7 Å². The van der Waals surface area contributed by atoms with Crippen molar-refractivity contribution in [2.75, 3.05) is 0 Å². The van der Waals surface area contributed by atoms with Crippen LogP contribution in [-0.4, -0.2) is 34.9 Å². The summed E-state index contributed by atoms with van der Waals surface area (Å²) in [5.41, 5.74) is 1.25. The van der Waals surface area contributed by atoms with Crippen LogP contribution in [0.5, 0.6) is 0 Å². The molecule has 0 aromatic heterocycles. The second-order valence-corrected chi connectivity index (χ2v) is 10.1. The minimum atomic E-state index is -0.907. The van der Waals surface area contributed by atoms with Crippen molar-refractivity contribution in [2.24, 2.45) is 5.92 Å². The molecular weight excluding hydrogens is 392 g/mol. The lowest BCUT2D eigenvalue weighted by atomic mass is 9.88. The van der Waals surface area contributed by atoms with Gasteiger partial charge in [-0.3, -0.25) is 4.79 Å². The fourth-order valence-electron chi connectivity index (χ4n) is 4.86. The van der Waals surface area contributed by atoms with Crippen LogP contribution in [0.2, 0.25) is 0 Å². The van der Waals surface area contributed by atoms with Crippen molar-refractivity contribution in [1.82, 2.24) is 0 Å². The molecule has 2 aliphatic rings. The van der Waals surface area contributed by atoms with Crippen LogP contribution in [0.3, 0.4) is 0 Å². The maximum Gasteiger partial charge on any atom is 0.509 e. The molecule has 0 heterocycles. The molecule has 2 aliphatic carbocycles. The zero-order chi connectivity index (χ0) is 22.4. The van der Waals surface area contributed by atoms with Gasteiger partial charge in [-0.05, 0) is 75.8 Å². The lowest BCUT2D eigenvalue weighted by molar-refractivity contribution is -0.125. The van der Waals surface area contributed by atoms with Crippen LogP contribution in [0.15, 0.2) is 24.3 Å². The fourth-order valence-corrected chi connectivity index (χ4v) is 4.86. The van der Waals surface area contributed by atoms with E-state index < -0.39 is 11.8 Å². The Hall–Kier alpha value is -1.88. The van der Waals surface area contributed by atoms with Crippen LogP contribution >= 0.6 is 0 Å². The third kappa shape index (κ3) is 7.06. The van der Waals surface area contributed by atoms with E-state index in [1.54, 1.807) is 13.8 Å². The maximum atomic E-state index is 12.9. The van der Waals surface area contributed by atoms with E-state index in [1.165, 1.54) is 12.0 Å². The number of Topliss-reactive ketones (excluding diaryl/α,β-unsaturated/α-hetero) is 1. The van der Waals surface area contributed by atoms with Gasteiger partial charge in [-0.2, -0.15) is 0 Å². The summed E-state index contributed by atoms with van der Waals surface area (Å²) in [6.07, 6.45) is 8.32. The van der Waals surface area contributed by atoms with Crippen molar-refractivity contribution in [2.45, 2.75) is 109 Å². The first-order valence-electron chi connectivity index (χ1n) is 11.9. The second kappa shape index (κ2) is 10.6. The molecule has 2 saturated carbocycles. The van der Waals surface area contributed by atoms with E-state index in [0.29, 0.717) is 5.92 Å². The van der Waals surface area contributed by atoms with Crippen molar-refractivity contribution in [3.63, 3.8) is 0 Å². The lowest BCUT2D eigenvalue weighted by Crippen LogP contribution is -2.34. The molecule has 31 heavy (non-hydrogen) atoms. The van der Waals surface area contributed by atoms with Crippen LogP contribution < -0.4 is 0 Å². The van der Waals surface area contributed by atoms with E-state index in [4.69, 9.17) is 9.47 Å². The molecule has 1 aromatic carbocycles. The Morgan fingerprint density at radius 2 is 1.71 bits per heavy atom. The summed E-state index contributed by atoms with van der Waals surface area (Å²) in [5.74, 6) is 0.106. The predicted molar refractivity (Wildman–Crippen MR) is 120 cm³/mol. The van der Waals surface area contributed by atoms with Crippen molar-refractivity contribution in [3.05, 3.63) is 35.4 Å². The monoisotopic (exact) mass is 430 g/mol. The number of benzene rings is 1. The molecule has 3 atom stereocenters. The first-order valence-corrected chi connectivity index (χ1v) is 11.9. The molecule has 0 amide bonds. The predicted octanol–water partition coefficient (Wildman–Crippen LogP) is 5.72. The normalized spacial score (nSPS) is 23.4. The first kappa shape index (κ1) is 23.8. The summed E-state index contributed by atoms with van der Waals surface area (Å²) in [5, 5.41) is 10.0. The van der Waals surface area contributed by atoms with E-state index in [1.807, 2.05) is 19.1 Å². The molecular formula is C26H38O5. The van der Waals surface area contributed by atoms with Crippen LogP contribution in [0, 0.1) is 5.92 Å². The molecule has 5 nitrogen and oxygen atoms in total. The summed E-state index contributed by atoms with van der Waals surface area (Å²) >= 11 is 0. The van der Waals surface area contributed by atoms with Crippen LogP contribution in [0.4, 0.5) is 4.79 Å². The smallest absolute Gasteiger partial charge is 0.431 e. The highest BCUT2D eigenvalue weighted by molar-refractivity contribution is 5.86. The van der Waals surface area contributed by atoms with Crippen LogP contribution in [0.1, 0.15) is 95.6 Å². The average molecular weight is 431 g/mol. The number of aliphatic hydroxyl groups is 1. The largest absolute Gasteiger partial charge is 0.509 e. The Kier molecular flexibility index (Phi) is 8.15. The molecule has 5 heteroatoms. The maximum absolute atomic E-state index is 12.9. The molecule has 172 valence electrons. The summed E-state index contributed by atoms with van der Waals surface area (Å²) in [6.45, 7) is 5.42. The number of ketones is 1. The van der Waals surface area contributed by atoms with Gasteiger partial charge in [0.05, 0.1) is 6.10 Å². The fraction of sp³-hybridized carbons (Fsp3) is 0.692. The Morgan fingerprint density at radius 3 is 2.32 bits per heavy atom. The van der Waals surface area contributed by atoms with Crippen molar-refractivity contribution in [1.29, 1.82) is 0 Å². The molecule has 2 fully saturated rings. The molecule has 0 aliphatic heterocycles. The zero-order valence-electron chi connectivity index (χ0n) is 19.3. The van der Waals surface area contributed by atoms with E-state index in [2.05, 4.69) is 12.1 Å². The van der Waals surface area contributed by atoms with Crippen molar-refractivity contribution < 1.29 is 24.2 Å². The highest BCUT2D eigenvalue weighted by Gasteiger charge is 2.31. The average Bonchev–Trinajstić information content (AvgIpc) is 3.12. The number of rotatable bonds is 8. The molecule has 1 aromatic rings. The number of carbonyl (C=O) groups is 2. The summed E-state index contributed by atoms with van der Waals surface area (Å²) in [7, 11) is 0. The minimum Gasteiger partial charge on any atom is -0.431 e. The van der Waals surface area contributed by atoms with Crippen molar-refractivity contribution >= 4 is 11.9 Å². The van der Waals surface area contributed by atoms with E-state index in [-0.39, 0.29) is 30.3 Å². The van der Waals surface area contributed by atoms with Gasteiger partial charge < -0.3 is 14.6 Å². The van der Waals surface area contributed by atoms with Gasteiger partial charge in [-0.15, -0.1) is 0 Å². The second-order valence-electron chi connectivity index (χ2n) is 10.1. The molecule has 0 unspecified atom stereocenters. The minimum absolute atomic E-state index is 0.0365. The lowest BCUT2D eigenvalue weighted by Gasteiger charge is -2.28. The SMILES string of the molecule is C[C@H](C(=O)CC(C)(C)OC(=O)OC1CCCCC1)c1ccc(C[C@H]2CCC[C@@H]2O)cc1. The quantitative estimate of drug-likeness (QED) is 0.534. The number of hydrogen-bond donors (Lipinski definition) is 1. The number of carbonyl (C=O) groups excluding carboxylic acids is 2. The Morgan fingerprint density at radius 1 is 1.03 bits per heavy atom. The molecule has 0 radical (unpaired) electrons. The molecule has 0 spiro atoms.